The van der Waals surface area contributed by atoms with Gasteiger partial charge in [0.15, 0.2) is 0 Å². The van der Waals surface area contributed by atoms with E-state index in [-0.39, 0.29) is 18.2 Å². The van der Waals surface area contributed by atoms with E-state index in [0.717, 1.165) is 55.4 Å². The topological polar surface area (TPSA) is 55.8 Å². The Bertz CT molecular complexity index is 914. The summed E-state index contributed by atoms with van der Waals surface area (Å²) in [7, 11) is 1.61. The maximum absolute atomic E-state index is 14.3. The van der Waals surface area contributed by atoms with Gasteiger partial charge in [-0.2, -0.15) is 0 Å². The molecule has 0 aliphatic heterocycles. The Morgan fingerprint density at radius 3 is 2.48 bits per heavy atom. The van der Waals surface area contributed by atoms with Gasteiger partial charge in [0, 0.05) is 12.0 Å². The summed E-state index contributed by atoms with van der Waals surface area (Å²) in [6.45, 7) is 0.662. The zero-order chi connectivity index (χ0) is 21.8. The number of rotatable bonds is 9. The number of carboxylic acid groups (broad SMARTS) is 1. The van der Waals surface area contributed by atoms with Gasteiger partial charge in [-0.3, -0.25) is 4.79 Å². The van der Waals surface area contributed by atoms with Gasteiger partial charge in [-0.1, -0.05) is 12.1 Å². The van der Waals surface area contributed by atoms with Gasteiger partial charge in [-0.05, 0) is 98.1 Å². The number of hydrogen-bond donors (Lipinski definition) is 1. The summed E-state index contributed by atoms with van der Waals surface area (Å²) >= 11 is 0. The van der Waals surface area contributed by atoms with Crippen molar-refractivity contribution in [3.63, 3.8) is 0 Å². The largest absolute Gasteiger partial charge is 0.497 e. The molecule has 4 nitrogen and oxygen atoms in total. The van der Waals surface area contributed by atoms with E-state index < -0.39 is 5.97 Å². The lowest BCUT2D eigenvalue weighted by Gasteiger charge is -2.29. The zero-order valence-electron chi connectivity index (χ0n) is 18.1. The normalized spacial score (nSPS) is 21.0. The predicted molar refractivity (Wildman–Crippen MR) is 118 cm³/mol. The highest BCUT2D eigenvalue weighted by molar-refractivity contribution is 5.67. The summed E-state index contributed by atoms with van der Waals surface area (Å²) in [5.74, 6) is 1.91. The van der Waals surface area contributed by atoms with Gasteiger partial charge in [0.05, 0.1) is 13.7 Å². The van der Waals surface area contributed by atoms with E-state index >= 15 is 0 Å². The van der Waals surface area contributed by atoms with Gasteiger partial charge < -0.3 is 14.6 Å². The molecule has 0 amide bonds. The number of hydrogen-bond acceptors (Lipinski definition) is 3. The number of methoxy groups -OCH3 is 1. The minimum absolute atomic E-state index is 0.146. The Hall–Kier alpha value is -2.56. The van der Waals surface area contributed by atoms with Crippen molar-refractivity contribution in [1.29, 1.82) is 0 Å². The van der Waals surface area contributed by atoms with Crippen LogP contribution in [-0.4, -0.2) is 24.8 Å². The molecule has 0 spiro atoms. The lowest BCUT2D eigenvalue weighted by atomic mass is 9.79. The average molecular weight is 427 g/mol. The first-order chi connectivity index (χ1) is 15.0. The molecule has 166 valence electrons. The molecule has 4 rings (SSSR count). The van der Waals surface area contributed by atoms with E-state index in [2.05, 4.69) is 0 Å². The van der Waals surface area contributed by atoms with Crippen molar-refractivity contribution in [3.8, 4) is 11.5 Å². The van der Waals surface area contributed by atoms with E-state index in [4.69, 9.17) is 14.6 Å². The molecule has 5 heteroatoms. The molecular formula is C26H31FO4. The van der Waals surface area contributed by atoms with Crippen molar-refractivity contribution in [1.82, 2.24) is 0 Å². The molecule has 0 aromatic heterocycles. The second-order valence-corrected chi connectivity index (χ2v) is 8.91. The molecule has 0 saturated heterocycles. The maximum Gasteiger partial charge on any atom is 0.303 e. The highest BCUT2D eigenvalue weighted by atomic mass is 19.1. The second kappa shape index (κ2) is 9.71. The first-order valence-electron chi connectivity index (χ1n) is 11.3. The van der Waals surface area contributed by atoms with Crippen LogP contribution in [0, 0.1) is 11.7 Å². The number of carboxylic acids is 1. The maximum atomic E-state index is 14.3. The fraction of sp³-hybridized carbons (Fsp3) is 0.500. The molecule has 0 heterocycles. The molecule has 2 aromatic carbocycles. The lowest BCUT2D eigenvalue weighted by molar-refractivity contribution is -0.136. The number of halogens is 1. The minimum atomic E-state index is -0.766. The second-order valence-electron chi connectivity index (χ2n) is 8.91. The molecular weight excluding hydrogens is 395 g/mol. The van der Waals surface area contributed by atoms with Crippen molar-refractivity contribution in [3.05, 3.63) is 58.9 Å². The van der Waals surface area contributed by atoms with Crippen LogP contribution in [-0.2, 0) is 11.2 Å². The van der Waals surface area contributed by atoms with E-state index in [9.17, 15) is 9.18 Å². The minimum Gasteiger partial charge on any atom is -0.497 e. The molecule has 1 N–H and O–H groups in total. The molecule has 2 aromatic rings. The molecule has 2 aliphatic rings. The van der Waals surface area contributed by atoms with E-state index in [0.29, 0.717) is 30.6 Å². The van der Waals surface area contributed by atoms with E-state index in [1.807, 2.05) is 24.3 Å². The van der Waals surface area contributed by atoms with Gasteiger partial charge >= 0.3 is 5.97 Å². The molecule has 2 fully saturated rings. The summed E-state index contributed by atoms with van der Waals surface area (Å²) in [4.78, 5) is 11.0. The first kappa shape index (κ1) is 21.7. The number of aryl methyl sites for hydroxylation is 1. The van der Waals surface area contributed by atoms with E-state index in [1.165, 1.54) is 11.6 Å². The average Bonchev–Trinajstić information content (AvgIpc) is 3.62. The van der Waals surface area contributed by atoms with Gasteiger partial charge in [0.1, 0.15) is 17.3 Å². The Morgan fingerprint density at radius 2 is 1.81 bits per heavy atom. The van der Waals surface area contributed by atoms with Gasteiger partial charge in [0.2, 0.25) is 0 Å². The predicted octanol–water partition coefficient (Wildman–Crippen LogP) is 6.08. The van der Waals surface area contributed by atoms with Crippen molar-refractivity contribution >= 4 is 5.97 Å². The van der Waals surface area contributed by atoms with Crippen molar-refractivity contribution in [2.45, 2.75) is 63.2 Å². The highest BCUT2D eigenvalue weighted by Crippen LogP contribution is 2.47. The van der Waals surface area contributed by atoms with Crippen molar-refractivity contribution < 1.29 is 23.8 Å². The van der Waals surface area contributed by atoms with E-state index in [1.54, 1.807) is 13.2 Å². The van der Waals surface area contributed by atoms with Gasteiger partial charge in [0.25, 0.3) is 0 Å². The summed E-state index contributed by atoms with van der Waals surface area (Å²) < 4.78 is 25.9. The Labute approximate surface area is 183 Å². The number of benzene rings is 2. The lowest BCUT2D eigenvalue weighted by Crippen LogP contribution is -2.20. The Morgan fingerprint density at radius 1 is 1.06 bits per heavy atom. The third-order valence-corrected chi connectivity index (χ3v) is 6.71. The standard InChI is InChI=1S/C26H31FO4/c1-30-21-12-13-23(27)22(15-21)18-7-5-17(6-8-18)16-31-24-4-2-3-19(11-14-25(28)29)26(24)20-9-10-20/h2-4,12-13,15,17-18,20H,5-11,14,16H2,1H3,(H,28,29). The number of aliphatic carboxylic acids is 1. The van der Waals surface area contributed by atoms with Crippen LogP contribution in [0.25, 0.3) is 0 Å². The van der Waals surface area contributed by atoms with Crippen LogP contribution in [0.2, 0.25) is 0 Å². The Kier molecular flexibility index (Phi) is 6.79. The molecule has 31 heavy (non-hydrogen) atoms. The quantitative estimate of drug-likeness (QED) is 0.528. The zero-order valence-corrected chi connectivity index (χ0v) is 18.1. The van der Waals surface area contributed by atoms with Crippen LogP contribution >= 0.6 is 0 Å². The Balaban J connectivity index is 1.36. The van der Waals surface area contributed by atoms with Crippen LogP contribution < -0.4 is 9.47 Å². The monoisotopic (exact) mass is 426 g/mol. The third kappa shape index (κ3) is 5.38. The molecule has 0 bridgehead atoms. The fourth-order valence-corrected chi connectivity index (χ4v) is 4.82. The molecule has 0 atom stereocenters. The summed E-state index contributed by atoms with van der Waals surface area (Å²) in [6.07, 6.45) is 6.93. The number of ether oxygens (including phenoxy) is 2. The first-order valence-corrected chi connectivity index (χ1v) is 11.3. The van der Waals surface area contributed by atoms with Crippen LogP contribution in [0.4, 0.5) is 4.39 Å². The smallest absolute Gasteiger partial charge is 0.303 e. The number of carbonyl (C=O) groups is 1. The summed E-state index contributed by atoms with van der Waals surface area (Å²) in [6, 6.07) is 11.0. The highest BCUT2D eigenvalue weighted by Gasteiger charge is 2.30. The summed E-state index contributed by atoms with van der Waals surface area (Å²) in [5, 5.41) is 9.05. The SMILES string of the molecule is COc1ccc(F)c(C2CCC(COc3cccc(CCC(=O)O)c3C3CC3)CC2)c1. The van der Waals surface area contributed by atoms with Crippen LogP contribution in [0.1, 0.15) is 73.5 Å². The van der Waals surface area contributed by atoms with Crippen molar-refractivity contribution in [2.24, 2.45) is 5.92 Å². The summed E-state index contributed by atoms with van der Waals surface area (Å²) in [5.41, 5.74) is 3.09. The molecule has 0 unspecified atom stereocenters. The fourth-order valence-electron chi connectivity index (χ4n) is 4.82. The van der Waals surface area contributed by atoms with Crippen LogP contribution in [0.3, 0.4) is 0 Å². The molecule has 0 radical (unpaired) electrons. The van der Waals surface area contributed by atoms with Crippen molar-refractivity contribution in [2.75, 3.05) is 13.7 Å². The third-order valence-electron chi connectivity index (χ3n) is 6.71. The van der Waals surface area contributed by atoms with Crippen LogP contribution in [0.5, 0.6) is 11.5 Å². The molecule has 2 aliphatic carbocycles. The van der Waals surface area contributed by atoms with Gasteiger partial charge in [-0.15, -0.1) is 0 Å². The van der Waals surface area contributed by atoms with Crippen LogP contribution in [0.15, 0.2) is 36.4 Å². The van der Waals surface area contributed by atoms with Gasteiger partial charge in [-0.25, -0.2) is 4.39 Å². The molecule has 2 saturated carbocycles.